The monoisotopic (exact) mass is 208 g/mol. The van der Waals surface area contributed by atoms with Gasteiger partial charge in [-0.15, -0.1) is 0 Å². The highest BCUT2D eigenvalue weighted by atomic mass is 19.1. The first-order valence-corrected chi connectivity index (χ1v) is 5.00. The van der Waals surface area contributed by atoms with Crippen LogP contribution in [-0.4, -0.2) is 25.5 Å². The summed E-state index contributed by atoms with van der Waals surface area (Å²) in [5.74, 6) is -0.223. The number of rotatable bonds is 3. The Morgan fingerprint density at radius 3 is 3.13 bits per heavy atom. The van der Waals surface area contributed by atoms with Crippen LogP contribution >= 0.6 is 0 Å². The number of anilines is 1. The first kappa shape index (κ1) is 9.96. The Morgan fingerprint density at radius 1 is 1.53 bits per heavy atom. The van der Waals surface area contributed by atoms with Crippen molar-refractivity contribution in [1.82, 2.24) is 5.32 Å². The normalized spacial score (nSPS) is 20.3. The van der Waals surface area contributed by atoms with Crippen LogP contribution in [0.1, 0.15) is 6.42 Å². The molecular formula is C11H13FN2O. The van der Waals surface area contributed by atoms with Crippen LogP contribution in [0.25, 0.3) is 0 Å². The number of nitrogens with one attached hydrogen (secondary N) is 1. The third-order valence-electron chi connectivity index (χ3n) is 2.67. The second-order valence-corrected chi connectivity index (χ2v) is 3.70. The molecule has 1 amide bonds. The molecule has 1 aromatic carbocycles. The van der Waals surface area contributed by atoms with Gasteiger partial charge in [0.05, 0.1) is 0 Å². The Bertz CT molecular complexity index is 356. The van der Waals surface area contributed by atoms with Crippen LogP contribution in [0.5, 0.6) is 0 Å². The molecule has 1 aromatic rings. The van der Waals surface area contributed by atoms with Crippen molar-refractivity contribution in [3.05, 3.63) is 30.1 Å². The van der Waals surface area contributed by atoms with Crippen molar-refractivity contribution in [2.24, 2.45) is 0 Å². The second-order valence-electron chi connectivity index (χ2n) is 3.70. The maximum atomic E-state index is 13.0. The number of carbonyl (C=O) groups excluding carboxylic acids is 1. The zero-order valence-corrected chi connectivity index (χ0v) is 8.32. The first-order valence-electron chi connectivity index (χ1n) is 5.00. The Balaban J connectivity index is 2.04. The van der Waals surface area contributed by atoms with Crippen LogP contribution in [0.3, 0.4) is 0 Å². The van der Waals surface area contributed by atoms with E-state index in [4.69, 9.17) is 0 Å². The highest BCUT2D eigenvalue weighted by Crippen LogP contribution is 2.20. The summed E-state index contributed by atoms with van der Waals surface area (Å²) in [6, 6.07) is 6.72. The third-order valence-corrected chi connectivity index (χ3v) is 2.67. The van der Waals surface area contributed by atoms with Gasteiger partial charge >= 0.3 is 0 Å². The number of hydrogen-bond acceptors (Lipinski definition) is 2. The van der Waals surface area contributed by atoms with Gasteiger partial charge in [0, 0.05) is 24.8 Å². The average Bonchev–Trinajstić information content (AvgIpc) is 2.67. The number of nitrogens with zero attached hydrogens (tertiary/aromatic N) is 1. The minimum absolute atomic E-state index is 0.186. The summed E-state index contributed by atoms with van der Waals surface area (Å²) in [5.41, 5.74) is 0.880. The molecule has 1 N–H and O–H groups in total. The van der Waals surface area contributed by atoms with E-state index in [-0.39, 0.29) is 11.9 Å². The Morgan fingerprint density at radius 2 is 2.40 bits per heavy atom. The van der Waals surface area contributed by atoms with Crippen molar-refractivity contribution < 1.29 is 9.18 Å². The standard InChI is InChI=1S/C11H13FN2O/c12-9-2-1-3-11(6-9)14-5-4-10(7-14)13-8-15/h1-3,6,8,10H,4-5,7H2,(H,13,15). The summed E-state index contributed by atoms with van der Waals surface area (Å²) in [6.07, 6.45) is 1.63. The lowest BCUT2D eigenvalue weighted by atomic mass is 10.3. The number of benzene rings is 1. The van der Waals surface area contributed by atoms with Crippen molar-refractivity contribution in [1.29, 1.82) is 0 Å². The molecule has 1 atom stereocenters. The van der Waals surface area contributed by atoms with Gasteiger partial charge in [0.15, 0.2) is 0 Å². The van der Waals surface area contributed by atoms with Crippen molar-refractivity contribution in [3.8, 4) is 0 Å². The number of amides is 1. The fourth-order valence-electron chi connectivity index (χ4n) is 1.90. The van der Waals surface area contributed by atoms with E-state index < -0.39 is 0 Å². The lowest BCUT2D eigenvalue weighted by Crippen LogP contribution is -2.31. The van der Waals surface area contributed by atoms with Gasteiger partial charge in [-0.1, -0.05) is 6.07 Å². The van der Waals surface area contributed by atoms with Crippen LogP contribution in [-0.2, 0) is 4.79 Å². The summed E-state index contributed by atoms with van der Waals surface area (Å²) in [6.45, 7) is 1.61. The van der Waals surface area contributed by atoms with E-state index in [0.717, 1.165) is 31.6 Å². The van der Waals surface area contributed by atoms with Gasteiger partial charge in [0.1, 0.15) is 5.82 Å². The minimum Gasteiger partial charge on any atom is -0.369 e. The predicted octanol–water partition coefficient (Wildman–Crippen LogP) is 1.15. The molecule has 1 aliphatic heterocycles. The fourth-order valence-corrected chi connectivity index (χ4v) is 1.90. The van der Waals surface area contributed by atoms with Crippen LogP contribution in [0.15, 0.2) is 24.3 Å². The maximum absolute atomic E-state index is 13.0. The Kier molecular flexibility index (Phi) is 2.85. The zero-order valence-electron chi connectivity index (χ0n) is 8.32. The number of halogens is 1. The van der Waals surface area contributed by atoms with Gasteiger partial charge in [-0.25, -0.2) is 4.39 Å². The molecule has 0 bridgehead atoms. The number of carbonyl (C=O) groups is 1. The SMILES string of the molecule is O=CNC1CCN(c2cccc(F)c2)C1. The third kappa shape index (κ3) is 2.26. The Labute approximate surface area is 87.9 Å². The zero-order chi connectivity index (χ0) is 10.7. The van der Waals surface area contributed by atoms with Crippen LogP contribution in [0, 0.1) is 5.82 Å². The summed E-state index contributed by atoms with van der Waals surface area (Å²) < 4.78 is 13.0. The van der Waals surface area contributed by atoms with E-state index in [1.807, 2.05) is 6.07 Å². The smallest absolute Gasteiger partial charge is 0.207 e. The van der Waals surface area contributed by atoms with Crippen LogP contribution in [0.4, 0.5) is 10.1 Å². The van der Waals surface area contributed by atoms with Crippen LogP contribution in [0.2, 0.25) is 0 Å². The van der Waals surface area contributed by atoms with E-state index in [2.05, 4.69) is 10.2 Å². The summed E-state index contributed by atoms with van der Waals surface area (Å²) in [7, 11) is 0. The summed E-state index contributed by atoms with van der Waals surface area (Å²) >= 11 is 0. The van der Waals surface area contributed by atoms with E-state index in [9.17, 15) is 9.18 Å². The quantitative estimate of drug-likeness (QED) is 0.756. The molecule has 4 heteroatoms. The van der Waals surface area contributed by atoms with Crippen molar-refractivity contribution >= 4 is 12.1 Å². The molecule has 2 rings (SSSR count). The van der Waals surface area contributed by atoms with Gasteiger partial charge < -0.3 is 10.2 Å². The van der Waals surface area contributed by atoms with E-state index in [1.165, 1.54) is 12.1 Å². The van der Waals surface area contributed by atoms with Gasteiger partial charge in [-0.3, -0.25) is 4.79 Å². The lowest BCUT2D eigenvalue weighted by Gasteiger charge is -2.18. The maximum Gasteiger partial charge on any atom is 0.207 e. The molecule has 3 nitrogen and oxygen atoms in total. The van der Waals surface area contributed by atoms with E-state index in [1.54, 1.807) is 6.07 Å². The van der Waals surface area contributed by atoms with Crippen molar-refractivity contribution in [2.75, 3.05) is 18.0 Å². The topological polar surface area (TPSA) is 32.3 Å². The average molecular weight is 208 g/mol. The van der Waals surface area contributed by atoms with E-state index >= 15 is 0 Å². The van der Waals surface area contributed by atoms with Crippen molar-refractivity contribution in [3.63, 3.8) is 0 Å². The molecule has 1 unspecified atom stereocenters. The molecule has 0 aliphatic carbocycles. The molecule has 0 saturated carbocycles. The molecule has 1 saturated heterocycles. The highest BCUT2D eigenvalue weighted by molar-refractivity contribution is 5.50. The largest absolute Gasteiger partial charge is 0.369 e. The lowest BCUT2D eigenvalue weighted by molar-refractivity contribution is -0.110. The molecule has 1 heterocycles. The molecular weight excluding hydrogens is 195 g/mol. The highest BCUT2D eigenvalue weighted by Gasteiger charge is 2.21. The molecule has 0 radical (unpaired) electrons. The number of hydrogen-bond donors (Lipinski definition) is 1. The molecule has 80 valence electrons. The summed E-state index contributed by atoms with van der Waals surface area (Å²) in [4.78, 5) is 12.3. The molecule has 1 aliphatic rings. The van der Waals surface area contributed by atoms with Crippen molar-refractivity contribution in [2.45, 2.75) is 12.5 Å². The molecule has 0 aromatic heterocycles. The minimum atomic E-state index is -0.223. The molecule has 0 spiro atoms. The van der Waals surface area contributed by atoms with Gasteiger partial charge in [-0.2, -0.15) is 0 Å². The Hall–Kier alpha value is -1.58. The predicted molar refractivity (Wildman–Crippen MR) is 56.2 cm³/mol. The van der Waals surface area contributed by atoms with Crippen LogP contribution < -0.4 is 10.2 Å². The fraction of sp³-hybridized carbons (Fsp3) is 0.364. The first-order chi connectivity index (χ1) is 7.29. The molecule has 1 fully saturated rings. The summed E-state index contributed by atoms with van der Waals surface area (Å²) in [5, 5.41) is 2.74. The van der Waals surface area contributed by atoms with Gasteiger partial charge in [0.25, 0.3) is 0 Å². The van der Waals surface area contributed by atoms with E-state index in [0.29, 0.717) is 0 Å². The molecule has 15 heavy (non-hydrogen) atoms. The van der Waals surface area contributed by atoms with Gasteiger partial charge in [-0.05, 0) is 24.6 Å². The second kappa shape index (κ2) is 4.29. The van der Waals surface area contributed by atoms with Gasteiger partial charge in [0.2, 0.25) is 6.41 Å².